The van der Waals surface area contributed by atoms with Crippen molar-refractivity contribution in [1.82, 2.24) is 5.32 Å². The Balaban J connectivity index is 2.51. The van der Waals surface area contributed by atoms with E-state index in [9.17, 15) is 4.39 Å². The van der Waals surface area contributed by atoms with E-state index < -0.39 is 0 Å². The van der Waals surface area contributed by atoms with Crippen LogP contribution in [-0.2, 0) is 6.42 Å². The monoisotopic (exact) mass is 297 g/mol. The highest BCUT2D eigenvalue weighted by molar-refractivity contribution is 6.31. The number of rotatable bonds is 3. The Morgan fingerprint density at radius 2 is 2.15 bits per heavy atom. The van der Waals surface area contributed by atoms with E-state index in [2.05, 4.69) is 26.1 Å². The minimum absolute atomic E-state index is 0.184. The average Bonchev–Trinajstić information content (AvgIpc) is 2.50. The molecule has 0 spiro atoms. The topological polar surface area (TPSA) is 12.0 Å². The lowest BCUT2D eigenvalue weighted by molar-refractivity contribution is 0.273. The van der Waals surface area contributed by atoms with Gasteiger partial charge in [-0.15, -0.1) is 0 Å². The van der Waals surface area contributed by atoms with Crippen molar-refractivity contribution >= 4 is 11.6 Å². The van der Waals surface area contributed by atoms with Gasteiger partial charge in [-0.1, -0.05) is 32.4 Å². The molecule has 1 N–H and O–H groups in total. The molecule has 0 saturated carbocycles. The zero-order chi connectivity index (χ0) is 14.9. The molecule has 112 valence electrons. The highest BCUT2D eigenvalue weighted by atomic mass is 35.5. The van der Waals surface area contributed by atoms with Crippen molar-refractivity contribution in [2.24, 2.45) is 5.41 Å². The van der Waals surface area contributed by atoms with Gasteiger partial charge < -0.3 is 5.32 Å². The van der Waals surface area contributed by atoms with Crippen molar-refractivity contribution in [1.29, 1.82) is 0 Å². The molecule has 20 heavy (non-hydrogen) atoms. The van der Waals surface area contributed by atoms with E-state index in [4.69, 9.17) is 11.6 Å². The van der Waals surface area contributed by atoms with Crippen LogP contribution >= 0.6 is 11.6 Å². The van der Waals surface area contributed by atoms with Gasteiger partial charge in [-0.3, -0.25) is 0 Å². The molecule has 1 aliphatic rings. The number of hydrogen-bond acceptors (Lipinski definition) is 1. The fraction of sp³-hybridized carbons (Fsp3) is 0.647. The number of benzene rings is 1. The summed E-state index contributed by atoms with van der Waals surface area (Å²) < 4.78 is 14.1. The van der Waals surface area contributed by atoms with Gasteiger partial charge in [0.15, 0.2) is 0 Å². The molecule has 3 heteroatoms. The first-order chi connectivity index (χ1) is 9.35. The molecule has 0 aromatic heterocycles. The minimum atomic E-state index is -0.184. The van der Waals surface area contributed by atoms with Crippen molar-refractivity contribution < 1.29 is 4.39 Å². The van der Waals surface area contributed by atoms with Gasteiger partial charge in [0, 0.05) is 11.1 Å². The smallest absolute Gasteiger partial charge is 0.127 e. The highest BCUT2D eigenvalue weighted by Gasteiger charge is 2.32. The van der Waals surface area contributed by atoms with Crippen LogP contribution in [0.3, 0.4) is 0 Å². The lowest BCUT2D eigenvalue weighted by Crippen LogP contribution is -2.27. The Labute approximate surface area is 126 Å². The Morgan fingerprint density at radius 1 is 1.45 bits per heavy atom. The lowest BCUT2D eigenvalue weighted by atomic mass is 9.82. The van der Waals surface area contributed by atoms with E-state index in [-0.39, 0.29) is 17.3 Å². The van der Waals surface area contributed by atoms with E-state index >= 15 is 0 Å². The zero-order valence-corrected chi connectivity index (χ0v) is 13.7. The van der Waals surface area contributed by atoms with Crippen LogP contribution in [0.15, 0.2) is 6.07 Å². The summed E-state index contributed by atoms with van der Waals surface area (Å²) in [5, 5.41) is 4.18. The number of halogens is 2. The maximum absolute atomic E-state index is 14.1. The summed E-state index contributed by atoms with van der Waals surface area (Å²) in [6, 6.07) is 1.68. The van der Waals surface area contributed by atoms with Crippen LogP contribution < -0.4 is 5.32 Å². The second-order valence-electron chi connectivity index (χ2n) is 6.73. The molecule has 0 bridgehead atoms. The SMILES string of the molecule is CCCNC1CC(C)(C)CCc2c(Cl)cc(F)c(C)c21. The Hall–Kier alpha value is -0.600. The summed E-state index contributed by atoms with van der Waals surface area (Å²) >= 11 is 6.32. The van der Waals surface area contributed by atoms with Crippen LogP contribution in [0.25, 0.3) is 0 Å². The van der Waals surface area contributed by atoms with Crippen molar-refractivity contribution in [3.8, 4) is 0 Å². The quantitative estimate of drug-likeness (QED) is 0.757. The van der Waals surface area contributed by atoms with E-state index in [0.29, 0.717) is 5.02 Å². The average molecular weight is 298 g/mol. The molecule has 0 radical (unpaired) electrons. The Morgan fingerprint density at radius 3 is 2.80 bits per heavy atom. The second-order valence-corrected chi connectivity index (χ2v) is 7.14. The number of fused-ring (bicyclic) bond motifs is 1. The molecular weight excluding hydrogens is 273 g/mol. The van der Waals surface area contributed by atoms with Gasteiger partial charge >= 0.3 is 0 Å². The third-order valence-corrected chi connectivity index (χ3v) is 4.76. The fourth-order valence-electron chi connectivity index (χ4n) is 3.23. The summed E-state index contributed by atoms with van der Waals surface area (Å²) in [5.41, 5.74) is 3.26. The maximum atomic E-state index is 14.1. The van der Waals surface area contributed by atoms with Crippen molar-refractivity contribution in [3.05, 3.63) is 33.6 Å². The zero-order valence-electron chi connectivity index (χ0n) is 12.9. The molecule has 0 amide bonds. The van der Waals surface area contributed by atoms with E-state index in [1.54, 1.807) is 0 Å². The number of hydrogen-bond donors (Lipinski definition) is 1. The fourth-order valence-corrected chi connectivity index (χ4v) is 3.52. The van der Waals surface area contributed by atoms with Gasteiger partial charge in [0.2, 0.25) is 0 Å². The van der Waals surface area contributed by atoms with Gasteiger partial charge in [-0.05, 0) is 67.3 Å². The number of nitrogens with one attached hydrogen (secondary N) is 1. The molecule has 1 aliphatic carbocycles. The Bertz CT molecular complexity index is 496. The molecule has 0 fully saturated rings. The van der Waals surface area contributed by atoms with Crippen LogP contribution in [0, 0.1) is 18.2 Å². The van der Waals surface area contributed by atoms with E-state index in [1.165, 1.54) is 6.07 Å². The van der Waals surface area contributed by atoms with Crippen LogP contribution in [0.1, 0.15) is 62.8 Å². The summed E-state index contributed by atoms with van der Waals surface area (Å²) in [6.45, 7) is 9.57. The van der Waals surface area contributed by atoms with Crippen LogP contribution in [0.4, 0.5) is 4.39 Å². The molecular formula is C17H25ClFN. The van der Waals surface area contributed by atoms with Crippen molar-refractivity contribution in [2.45, 2.75) is 59.4 Å². The molecule has 0 heterocycles. The minimum Gasteiger partial charge on any atom is -0.310 e. The largest absolute Gasteiger partial charge is 0.310 e. The standard InChI is InChI=1S/C17H25ClFN/c1-5-8-20-15-10-17(3,4)7-6-12-13(18)9-14(19)11(2)16(12)15/h9,15,20H,5-8,10H2,1-4H3. The van der Waals surface area contributed by atoms with Gasteiger partial charge in [-0.2, -0.15) is 0 Å². The third kappa shape index (κ3) is 3.17. The first kappa shape index (κ1) is 15.8. The second kappa shape index (κ2) is 6.03. The first-order valence-electron chi connectivity index (χ1n) is 7.56. The molecule has 2 rings (SSSR count). The van der Waals surface area contributed by atoms with E-state index in [1.807, 2.05) is 6.92 Å². The van der Waals surface area contributed by atoms with Crippen LogP contribution in [-0.4, -0.2) is 6.54 Å². The van der Waals surface area contributed by atoms with Gasteiger partial charge in [0.1, 0.15) is 5.82 Å². The van der Waals surface area contributed by atoms with Gasteiger partial charge in [0.05, 0.1) is 0 Å². The summed E-state index contributed by atoms with van der Waals surface area (Å²) in [4.78, 5) is 0. The van der Waals surface area contributed by atoms with Crippen molar-refractivity contribution in [2.75, 3.05) is 6.54 Å². The molecule has 1 aromatic carbocycles. The predicted octanol–water partition coefficient (Wildman–Crippen LogP) is 5.19. The summed E-state index contributed by atoms with van der Waals surface area (Å²) in [5.74, 6) is -0.184. The Kier molecular flexibility index (Phi) is 4.76. The van der Waals surface area contributed by atoms with Crippen molar-refractivity contribution in [3.63, 3.8) is 0 Å². The maximum Gasteiger partial charge on any atom is 0.127 e. The predicted molar refractivity (Wildman–Crippen MR) is 83.9 cm³/mol. The molecule has 0 saturated heterocycles. The van der Waals surface area contributed by atoms with E-state index in [0.717, 1.165) is 48.9 Å². The highest BCUT2D eigenvalue weighted by Crippen LogP contribution is 2.43. The molecule has 1 aromatic rings. The molecule has 1 unspecified atom stereocenters. The summed E-state index contributed by atoms with van der Waals surface area (Å²) in [6.07, 6.45) is 4.14. The molecule has 1 atom stereocenters. The van der Waals surface area contributed by atoms with Crippen LogP contribution in [0.5, 0.6) is 0 Å². The normalized spacial score (nSPS) is 21.4. The molecule has 0 aliphatic heterocycles. The van der Waals surface area contributed by atoms with Gasteiger partial charge in [-0.25, -0.2) is 4.39 Å². The molecule has 1 nitrogen and oxygen atoms in total. The summed E-state index contributed by atoms with van der Waals surface area (Å²) in [7, 11) is 0. The third-order valence-electron chi connectivity index (χ3n) is 4.43. The lowest BCUT2D eigenvalue weighted by Gasteiger charge is -2.28. The van der Waals surface area contributed by atoms with Gasteiger partial charge in [0.25, 0.3) is 0 Å². The van der Waals surface area contributed by atoms with Crippen LogP contribution in [0.2, 0.25) is 5.02 Å². The first-order valence-corrected chi connectivity index (χ1v) is 7.94.